The van der Waals surface area contributed by atoms with Crippen molar-refractivity contribution < 1.29 is 9.13 Å². The van der Waals surface area contributed by atoms with Crippen LogP contribution in [-0.2, 0) is 0 Å². The SMILES string of the molecule is CCCCCCC1(C)C[C@H](N)c2cc(F)ccc2O1. The third-order valence-corrected chi connectivity index (χ3v) is 3.94. The van der Waals surface area contributed by atoms with Gasteiger partial charge < -0.3 is 10.5 Å². The standard InChI is InChI=1S/C16H24FNO/c1-3-4-5-6-9-16(2)11-14(18)13-10-12(17)7-8-15(13)19-16/h7-8,10,14H,3-6,9,11,18H2,1-2H3/t14-,16?/m0/s1. The fourth-order valence-electron chi connectivity index (χ4n) is 2.86. The second-order valence-electron chi connectivity index (χ2n) is 5.86. The van der Waals surface area contributed by atoms with Crippen LogP contribution in [0, 0.1) is 5.82 Å². The summed E-state index contributed by atoms with van der Waals surface area (Å²) in [5, 5.41) is 0. The highest BCUT2D eigenvalue weighted by Crippen LogP contribution is 2.40. The highest BCUT2D eigenvalue weighted by molar-refractivity contribution is 5.39. The van der Waals surface area contributed by atoms with Crippen molar-refractivity contribution in [1.29, 1.82) is 0 Å². The van der Waals surface area contributed by atoms with E-state index in [-0.39, 0.29) is 17.5 Å². The number of hydrogen-bond donors (Lipinski definition) is 1. The van der Waals surface area contributed by atoms with Gasteiger partial charge in [-0.25, -0.2) is 4.39 Å². The molecule has 3 heteroatoms. The summed E-state index contributed by atoms with van der Waals surface area (Å²) in [7, 11) is 0. The molecule has 2 N–H and O–H groups in total. The smallest absolute Gasteiger partial charge is 0.125 e. The van der Waals surface area contributed by atoms with Crippen LogP contribution in [0.2, 0.25) is 0 Å². The van der Waals surface area contributed by atoms with Crippen LogP contribution in [0.15, 0.2) is 18.2 Å². The van der Waals surface area contributed by atoms with Crippen molar-refractivity contribution in [2.45, 2.75) is 64.0 Å². The monoisotopic (exact) mass is 265 g/mol. The van der Waals surface area contributed by atoms with Crippen molar-refractivity contribution in [3.63, 3.8) is 0 Å². The van der Waals surface area contributed by atoms with Gasteiger partial charge >= 0.3 is 0 Å². The second kappa shape index (κ2) is 5.91. The lowest BCUT2D eigenvalue weighted by Gasteiger charge is -2.39. The highest BCUT2D eigenvalue weighted by Gasteiger charge is 2.35. The summed E-state index contributed by atoms with van der Waals surface area (Å²) in [6, 6.07) is 4.51. The minimum atomic E-state index is -0.246. The van der Waals surface area contributed by atoms with Gasteiger partial charge in [-0.3, -0.25) is 0 Å². The molecule has 0 saturated carbocycles. The average molecular weight is 265 g/mol. The number of benzene rings is 1. The normalized spacial score (nSPS) is 25.8. The van der Waals surface area contributed by atoms with Crippen LogP contribution in [0.5, 0.6) is 5.75 Å². The summed E-state index contributed by atoms with van der Waals surface area (Å²) < 4.78 is 19.3. The predicted octanol–water partition coefficient (Wildman–Crippen LogP) is 4.34. The molecular weight excluding hydrogens is 241 g/mol. The number of rotatable bonds is 5. The zero-order valence-corrected chi connectivity index (χ0v) is 11.9. The van der Waals surface area contributed by atoms with Crippen molar-refractivity contribution in [3.05, 3.63) is 29.6 Å². The molecule has 0 spiro atoms. The molecule has 1 aromatic rings. The fourth-order valence-corrected chi connectivity index (χ4v) is 2.86. The molecule has 2 rings (SSSR count). The lowest BCUT2D eigenvalue weighted by atomic mass is 9.85. The fraction of sp³-hybridized carbons (Fsp3) is 0.625. The average Bonchev–Trinajstić information content (AvgIpc) is 2.36. The van der Waals surface area contributed by atoms with Gasteiger partial charge in [0.25, 0.3) is 0 Å². The maximum absolute atomic E-state index is 13.2. The van der Waals surface area contributed by atoms with Crippen molar-refractivity contribution >= 4 is 0 Å². The first-order valence-corrected chi connectivity index (χ1v) is 7.28. The van der Waals surface area contributed by atoms with Crippen LogP contribution in [0.3, 0.4) is 0 Å². The zero-order valence-electron chi connectivity index (χ0n) is 11.9. The minimum absolute atomic E-state index is 0.129. The number of nitrogens with two attached hydrogens (primary N) is 1. The molecule has 1 aromatic carbocycles. The molecule has 1 unspecified atom stereocenters. The van der Waals surface area contributed by atoms with Crippen LogP contribution in [0.1, 0.15) is 64.0 Å². The Hall–Kier alpha value is -1.09. The molecule has 1 heterocycles. The summed E-state index contributed by atoms with van der Waals surface area (Å²) in [5.41, 5.74) is 6.76. The largest absolute Gasteiger partial charge is 0.487 e. The number of ether oxygens (including phenoxy) is 1. The molecule has 19 heavy (non-hydrogen) atoms. The van der Waals surface area contributed by atoms with Gasteiger partial charge in [0.05, 0.1) is 0 Å². The summed E-state index contributed by atoms with van der Waals surface area (Å²) in [4.78, 5) is 0. The van der Waals surface area contributed by atoms with Gasteiger partial charge in [-0.2, -0.15) is 0 Å². The molecule has 0 aliphatic carbocycles. The minimum Gasteiger partial charge on any atom is -0.487 e. The Kier molecular flexibility index (Phi) is 4.46. The molecule has 0 bridgehead atoms. The van der Waals surface area contributed by atoms with Crippen molar-refractivity contribution in [1.82, 2.24) is 0 Å². The van der Waals surface area contributed by atoms with E-state index in [4.69, 9.17) is 10.5 Å². The maximum Gasteiger partial charge on any atom is 0.125 e. The Bertz CT molecular complexity index is 435. The first-order valence-electron chi connectivity index (χ1n) is 7.28. The van der Waals surface area contributed by atoms with E-state index in [1.54, 1.807) is 6.07 Å². The molecule has 0 amide bonds. The van der Waals surface area contributed by atoms with E-state index in [2.05, 4.69) is 13.8 Å². The van der Waals surface area contributed by atoms with Crippen LogP contribution in [0.4, 0.5) is 4.39 Å². The summed E-state index contributed by atoms with van der Waals surface area (Å²) in [6.45, 7) is 4.32. The van der Waals surface area contributed by atoms with Crippen molar-refractivity contribution in [2.75, 3.05) is 0 Å². The van der Waals surface area contributed by atoms with Crippen LogP contribution >= 0.6 is 0 Å². The second-order valence-corrected chi connectivity index (χ2v) is 5.86. The Labute approximate surface area is 115 Å². The molecule has 0 fully saturated rings. The molecule has 1 aliphatic heterocycles. The molecule has 106 valence electrons. The molecule has 0 saturated heterocycles. The lowest BCUT2D eigenvalue weighted by Crippen LogP contribution is -2.40. The van der Waals surface area contributed by atoms with E-state index in [1.165, 1.54) is 31.4 Å². The predicted molar refractivity (Wildman–Crippen MR) is 75.7 cm³/mol. The highest BCUT2D eigenvalue weighted by atomic mass is 19.1. The molecule has 0 radical (unpaired) electrons. The van der Waals surface area contributed by atoms with Gasteiger partial charge in [0.2, 0.25) is 0 Å². The number of unbranched alkanes of at least 4 members (excludes halogenated alkanes) is 3. The van der Waals surface area contributed by atoms with Gasteiger partial charge in [-0.15, -0.1) is 0 Å². The molecule has 2 atom stereocenters. The van der Waals surface area contributed by atoms with Crippen LogP contribution < -0.4 is 10.5 Å². The van der Waals surface area contributed by atoms with Crippen LogP contribution in [0.25, 0.3) is 0 Å². The van der Waals surface area contributed by atoms with Crippen LogP contribution in [-0.4, -0.2) is 5.60 Å². The first kappa shape index (κ1) is 14.3. The third kappa shape index (κ3) is 3.47. The summed E-state index contributed by atoms with van der Waals surface area (Å²) in [6.07, 6.45) is 6.67. The maximum atomic E-state index is 13.2. The van der Waals surface area contributed by atoms with E-state index in [9.17, 15) is 4.39 Å². The Morgan fingerprint density at radius 2 is 2.16 bits per heavy atom. The van der Waals surface area contributed by atoms with E-state index >= 15 is 0 Å². The van der Waals surface area contributed by atoms with Crippen molar-refractivity contribution in [3.8, 4) is 5.75 Å². The van der Waals surface area contributed by atoms with Gasteiger partial charge in [0.1, 0.15) is 17.2 Å². The van der Waals surface area contributed by atoms with E-state index < -0.39 is 0 Å². The van der Waals surface area contributed by atoms with Gasteiger partial charge in [0, 0.05) is 18.0 Å². The Morgan fingerprint density at radius 1 is 1.37 bits per heavy atom. The number of fused-ring (bicyclic) bond motifs is 1. The van der Waals surface area contributed by atoms with Gasteiger partial charge in [-0.05, 0) is 38.0 Å². The lowest BCUT2D eigenvalue weighted by molar-refractivity contribution is 0.0428. The Morgan fingerprint density at radius 3 is 2.89 bits per heavy atom. The first-order chi connectivity index (χ1) is 9.04. The zero-order chi connectivity index (χ0) is 13.9. The summed E-state index contributed by atoms with van der Waals surface area (Å²) >= 11 is 0. The Balaban J connectivity index is 2.04. The molecule has 0 aromatic heterocycles. The van der Waals surface area contributed by atoms with Gasteiger partial charge in [-0.1, -0.05) is 26.2 Å². The quantitative estimate of drug-likeness (QED) is 0.804. The van der Waals surface area contributed by atoms with Crippen molar-refractivity contribution in [2.24, 2.45) is 5.73 Å². The molecule has 1 aliphatic rings. The van der Waals surface area contributed by atoms with E-state index in [0.29, 0.717) is 0 Å². The van der Waals surface area contributed by atoms with E-state index in [0.717, 1.165) is 30.6 Å². The number of hydrogen-bond acceptors (Lipinski definition) is 2. The molecule has 2 nitrogen and oxygen atoms in total. The number of halogens is 1. The molecular formula is C16H24FNO. The van der Waals surface area contributed by atoms with Gasteiger partial charge in [0.15, 0.2) is 0 Å². The van der Waals surface area contributed by atoms with E-state index in [1.807, 2.05) is 0 Å². The summed E-state index contributed by atoms with van der Waals surface area (Å²) in [5.74, 6) is 0.502. The third-order valence-electron chi connectivity index (χ3n) is 3.94. The topological polar surface area (TPSA) is 35.2 Å².